The number of hydrogen-bond acceptors (Lipinski definition) is 4. The second-order valence-electron chi connectivity index (χ2n) is 5.78. The van der Waals surface area contributed by atoms with Crippen LogP contribution in [-0.2, 0) is 4.79 Å². The Labute approximate surface area is 117 Å². The number of anilines is 1. The maximum atomic E-state index is 12.3. The molecule has 102 valence electrons. The summed E-state index contributed by atoms with van der Waals surface area (Å²) in [7, 11) is 0. The minimum atomic E-state index is 0.158. The molecule has 1 atom stereocenters. The van der Waals surface area contributed by atoms with E-state index in [-0.39, 0.29) is 11.8 Å². The van der Waals surface area contributed by atoms with Gasteiger partial charge in [-0.15, -0.1) is 0 Å². The smallest absolute Gasteiger partial charge is 0.227 e. The van der Waals surface area contributed by atoms with Gasteiger partial charge in [-0.3, -0.25) is 9.93 Å². The van der Waals surface area contributed by atoms with Crippen LogP contribution in [0.2, 0.25) is 0 Å². The largest absolute Gasteiger partial charge is 0.326 e. The Hall–Kier alpha value is -1.07. The number of carbonyl (C=O) groups is 1. The molecule has 1 aromatic rings. The fraction of sp³-hybridized carbons (Fsp3) is 0.571. The van der Waals surface area contributed by atoms with Crippen molar-refractivity contribution in [3.8, 4) is 0 Å². The van der Waals surface area contributed by atoms with E-state index in [0.29, 0.717) is 5.41 Å². The van der Waals surface area contributed by atoms with Gasteiger partial charge in [-0.05, 0) is 61.6 Å². The molecule has 0 aliphatic heterocycles. The van der Waals surface area contributed by atoms with Crippen molar-refractivity contribution >= 4 is 23.5 Å². The molecule has 19 heavy (non-hydrogen) atoms. The van der Waals surface area contributed by atoms with Crippen molar-refractivity contribution in [1.29, 1.82) is 0 Å². The number of amides is 1. The van der Waals surface area contributed by atoms with Crippen molar-refractivity contribution in [1.82, 2.24) is 4.98 Å². The number of rotatable bonds is 3. The molecule has 0 bridgehead atoms. The molecular formula is C14H19N3OS. The van der Waals surface area contributed by atoms with Crippen LogP contribution in [0.3, 0.4) is 0 Å². The Morgan fingerprint density at radius 3 is 3.05 bits per heavy atom. The van der Waals surface area contributed by atoms with E-state index in [1.165, 1.54) is 25.7 Å². The van der Waals surface area contributed by atoms with Gasteiger partial charge >= 0.3 is 0 Å². The molecule has 4 nitrogen and oxygen atoms in total. The lowest BCUT2D eigenvalue weighted by Gasteiger charge is -2.28. The quantitative estimate of drug-likeness (QED) is 0.833. The SMILES string of the molecule is NSc1cc(NC(=O)C2CCCC3(CC3)C2)ccn1. The van der Waals surface area contributed by atoms with Gasteiger partial charge in [0.25, 0.3) is 0 Å². The van der Waals surface area contributed by atoms with E-state index in [2.05, 4.69) is 10.3 Å². The zero-order valence-corrected chi connectivity index (χ0v) is 11.7. The Bertz CT molecular complexity index is 487. The highest BCUT2D eigenvalue weighted by atomic mass is 32.2. The van der Waals surface area contributed by atoms with E-state index in [4.69, 9.17) is 5.14 Å². The molecule has 1 unspecified atom stereocenters. The minimum Gasteiger partial charge on any atom is -0.326 e. The third-order valence-corrected chi connectivity index (χ3v) is 4.85. The summed E-state index contributed by atoms with van der Waals surface area (Å²) in [4.78, 5) is 16.4. The molecule has 1 amide bonds. The number of nitrogens with one attached hydrogen (secondary N) is 1. The highest BCUT2D eigenvalue weighted by Crippen LogP contribution is 2.57. The van der Waals surface area contributed by atoms with Gasteiger partial charge in [-0.25, -0.2) is 4.98 Å². The first kappa shape index (κ1) is 12.9. The molecule has 2 fully saturated rings. The summed E-state index contributed by atoms with van der Waals surface area (Å²) in [5.41, 5.74) is 1.32. The molecule has 2 aliphatic rings. The van der Waals surface area contributed by atoms with Crippen molar-refractivity contribution in [2.45, 2.75) is 43.6 Å². The van der Waals surface area contributed by atoms with E-state index in [1.807, 2.05) is 12.1 Å². The van der Waals surface area contributed by atoms with Gasteiger partial charge < -0.3 is 5.32 Å². The predicted molar refractivity (Wildman–Crippen MR) is 76.5 cm³/mol. The molecule has 1 heterocycles. The predicted octanol–water partition coefficient (Wildman–Crippen LogP) is 2.96. The van der Waals surface area contributed by atoms with Gasteiger partial charge in [-0.2, -0.15) is 0 Å². The molecule has 2 saturated carbocycles. The molecule has 1 spiro atoms. The van der Waals surface area contributed by atoms with Gasteiger partial charge in [0.2, 0.25) is 5.91 Å². The van der Waals surface area contributed by atoms with Crippen LogP contribution >= 0.6 is 11.9 Å². The van der Waals surface area contributed by atoms with Gasteiger partial charge in [0.15, 0.2) is 0 Å². The topological polar surface area (TPSA) is 68.0 Å². The van der Waals surface area contributed by atoms with Gasteiger partial charge in [0.1, 0.15) is 5.03 Å². The molecule has 5 heteroatoms. The van der Waals surface area contributed by atoms with Gasteiger partial charge in [0, 0.05) is 17.8 Å². The lowest BCUT2D eigenvalue weighted by atomic mass is 9.78. The lowest BCUT2D eigenvalue weighted by molar-refractivity contribution is -0.121. The van der Waals surface area contributed by atoms with Crippen LogP contribution in [-0.4, -0.2) is 10.9 Å². The van der Waals surface area contributed by atoms with Crippen LogP contribution in [0.4, 0.5) is 5.69 Å². The minimum absolute atomic E-state index is 0.158. The Morgan fingerprint density at radius 1 is 1.47 bits per heavy atom. The van der Waals surface area contributed by atoms with Crippen molar-refractivity contribution in [2.75, 3.05) is 5.32 Å². The van der Waals surface area contributed by atoms with Crippen molar-refractivity contribution < 1.29 is 4.79 Å². The molecule has 1 aromatic heterocycles. The maximum absolute atomic E-state index is 12.3. The number of nitrogens with zero attached hydrogens (tertiary/aromatic N) is 1. The van der Waals surface area contributed by atoms with Crippen molar-refractivity contribution in [2.24, 2.45) is 16.5 Å². The van der Waals surface area contributed by atoms with Gasteiger partial charge in [-0.1, -0.05) is 6.42 Å². The highest BCUT2D eigenvalue weighted by Gasteiger charge is 2.47. The second-order valence-corrected chi connectivity index (χ2v) is 6.44. The number of carbonyl (C=O) groups excluding carboxylic acids is 1. The van der Waals surface area contributed by atoms with E-state index in [9.17, 15) is 4.79 Å². The maximum Gasteiger partial charge on any atom is 0.227 e. The summed E-state index contributed by atoms with van der Waals surface area (Å²) in [6, 6.07) is 3.63. The first-order valence-corrected chi connectivity index (χ1v) is 7.72. The molecule has 3 rings (SSSR count). The molecule has 0 aromatic carbocycles. The third kappa shape index (κ3) is 2.92. The summed E-state index contributed by atoms with van der Waals surface area (Å²) in [5, 5.41) is 9.20. The van der Waals surface area contributed by atoms with Crippen LogP contribution in [0.15, 0.2) is 23.4 Å². The van der Waals surface area contributed by atoms with Crippen molar-refractivity contribution in [3.63, 3.8) is 0 Å². The summed E-state index contributed by atoms with van der Waals surface area (Å²) in [5.74, 6) is 0.337. The first-order valence-electron chi connectivity index (χ1n) is 6.84. The molecule has 0 radical (unpaired) electrons. The Kier molecular flexibility index (Phi) is 3.50. The summed E-state index contributed by atoms with van der Waals surface area (Å²) in [6.45, 7) is 0. The number of hydrogen-bond donors (Lipinski definition) is 2. The number of aromatic nitrogens is 1. The standard InChI is InChI=1S/C14H19N3OS/c15-19-12-8-11(3-7-16-12)17-13(18)10-2-1-4-14(9-10)5-6-14/h3,7-8,10H,1-2,4-6,9,15H2,(H,16,17,18). The molecular weight excluding hydrogens is 258 g/mol. The zero-order valence-electron chi connectivity index (χ0n) is 10.9. The Balaban J connectivity index is 1.63. The first-order chi connectivity index (χ1) is 9.21. The van der Waals surface area contributed by atoms with E-state index in [0.717, 1.165) is 35.5 Å². The summed E-state index contributed by atoms with van der Waals surface area (Å²) < 4.78 is 0. The Morgan fingerprint density at radius 2 is 2.32 bits per heavy atom. The van der Waals surface area contributed by atoms with E-state index >= 15 is 0 Å². The average molecular weight is 277 g/mol. The molecule has 2 aliphatic carbocycles. The van der Waals surface area contributed by atoms with Gasteiger partial charge in [0.05, 0.1) is 0 Å². The average Bonchev–Trinajstić information content (AvgIpc) is 3.18. The summed E-state index contributed by atoms with van der Waals surface area (Å²) >= 11 is 1.09. The molecule has 3 N–H and O–H groups in total. The normalized spacial score (nSPS) is 24.2. The zero-order chi connectivity index (χ0) is 13.3. The molecule has 0 saturated heterocycles. The lowest BCUT2D eigenvalue weighted by Crippen LogP contribution is -2.28. The third-order valence-electron chi connectivity index (χ3n) is 4.39. The van der Waals surface area contributed by atoms with E-state index in [1.54, 1.807) is 6.20 Å². The van der Waals surface area contributed by atoms with Crippen LogP contribution in [0, 0.1) is 11.3 Å². The number of pyridine rings is 1. The fourth-order valence-corrected chi connectivity index (χ4v) is 3.42. The van der Waals surface area contributed by atoms with Crippen LogP contribution in [0.1, 0.15) is 38.5 Å². The number of nitrogens with two attached hydrogens (primary N) is 1. The van der Waals surface area contributed by atoms with E-state index < -0.39 is 0 Å². The van der Waals surface area contributed by atoms with Crippen molar-refractivity contribution in [3.05, 3.63) is 18.3 Å². The second kappa shape index (κ2) is 5.13. The van der Waals surface area contributed by atoms with Crippen LogP contribution < -0.4 is 10.5 Å². The fourth-order valence-electron chi connectivity index (χ4n) is 3.10. The van der Waals surface area contributed by atoms with Crippen LogP contribution in [0.25, 0.3) is 0 Å². The summed E-state index contributed by atoms with van der Waals surface area (Å²) in [6.07, 6.45) is 8.92. The van der Waals surface area contributed by atoms with Crippen LogP contribution in [0.5, 0.6) is 0 Å². The highest BCUT2D eigenvalue weighted by molar-refractivity contribution is 7.97. The monoisotopic (exact) mass is 277 g/mol.